The number of hydrogen-bond acceptors (Lipinski definition) is 4. The van der Waals surface area contributed by atoms with Crippen LogP contribution in [0.25, 0.3) is 0 Å². The highest BCUT2D eigenvalue weighted by molar-refractivity contribution is 7.89. The minimum atomic E-state index is -4.73. The maximum atomic E-state index is 13.2. The van der Waals surface area contributed by atoms with Gasteiger partial charge < -0.3 is 10.1 Å². The number of anilines is 1. The Morgan fingerprint density at radius 3 is 2.48 bits per heavy atom. The zero-order valence-corrected chi connectivity index (χ0v) is 14.1. The van der Waals surface area contributed by atoms with E-state index in [1.165, 1.54) is 0 Å². The van der Waals surface area contributed by atoms with Gasteiger partial charge in [0, 0.05) is 12.2 Å². The SMILES string of the molecule is CCOc1cccc(CNc2ccc(S(N)(=O)=O)cc2C(F)(F)F)c1. The van der Waals surface area contributed by atoms with E-state index < -0.39 is 26.7 Å². The van der Waals surface area contributed by atoms with Crippen LogP contribution in [0.15, 0.2) is 47.4 Å². The summed E-state index contributed by atoms with van der Waals surface area (Å²) in [5, 5.41) is 7.57. The molecule has 0 aliphatic heterocycles. The highest BCUT2D eigenvalue weighted by atomic mass is 32.2. The maximum absolute atomic E-state index is 13.2. The number of hydrogen-bond donors (Lipinski definition) is 2. The summed E-state index contributed by atoms with van der Waals surface area (Å²) < 4.78 is 67.5. The van der Waals surface area contributed by atoms with E-state index in [4.69, 9.17) is 9.88 Å². The molecule has 25 heavy (non-hydrogen) atoms. The summed E-state index contributed by atoms with van der Waals surface area (Å²) in [6.45, 7) is 2.41. The molecule has 0 aliphatic rings. The minimum absolute atomic E-state index is 0.110. The topological polar surface area (TPSA) is 81.4 Å². The van der Waals surface area contributed by atoms with E-state index >= 15 is 0 Å². The number of halogens is 3. The molecule has 0 heterocycles. The lowest BCUT2D eigenvalue weighted by Gasteiger charge is -2.16. The average molecular weight is 374 g/mol. The number of ether oxygens (including phenoxy) is 1. The summed E-state index contributed by atoms with van der Waals surface area (Å²) in [6.07, 6.45) is -4.73. The molecule has 0 aromatic heterocycles. The predicted molar refractivity (Wildman–Crippen MR) is 87.8 cm³/mol. The number of nitrogens with two attached hydrogens (primary N) is 1. The fourth-order valence-corrected chi connectivity index (χ4v) is 2.74. The molecule has 0 atom stereocenters. The van der Waals surface area contributed by atoms with E-state index in [1.54, 1.807) is 24.3 Å². The lowest BCUT2D eigenvalue weighted by Crippen LogP contribution is -2.16. The van der Waals surface area contributed by atoms with Crippen LogP contribution in [0, 0.1) is 0 Å². The number of primary sulfonamides is 1. The second-order valence-electron chi connectivity index (χ2n) is 5.18. The van der Waals surface area contributed by atoms with Crippen molar-refractivity contribution < 1.29 is 26.3 Å². The Morgan fingerprint density at radius 1 is 1.16 bits per heavy atom. The Kier molecular flexibility index (Phi) is 5.58. The van der Waals surface area contributed by atoms with Gasteiger partial charge in [0.05, 0.1) is 17.1 Å². The predicted octanol–water partition coefficient (Wildman–Crippen LogP) is 3.36. The van der Waals surface area contributed by atoms with Crippen molar-refractivity contribution >= 4 is 15.7 Å². The third-order valence-electron chi connectivity index (χ3n) is 3.32. The highest BCUT2D eigenvalue weighted by Crippen LogP contribution is 2.36. The van der Waals surface area contributed by atoms with E-state index in [1.807, 2.05) is 6.92 Å². The molecule has 9 heteroatoms. The zero-order valence-electron chi connectivity index (χ0n) is 13.3. The van der Waals surface area contributed by atoms with Crippen molar-refractivity contribution in [2.24, 2.45) is 5.14 Å². The molecule has 0 radical (unpaired) electrons. The highest BCUT2D eigenvalue weighted by Gasteiger charge is 2.34. The van der Waals surface area contributed by atoms with Crippen molar-refractivity contribution in [3.05, 3.63) is 53.6 Å². The molecule has 3 N–H and O–H groups in total. The van der Waals surface area contributed by atoms with E-state index in [0.717, 1.165) is 17.7 Å². The van der Waals surface area contributed by atoms with Gasteiger partial charge in [-0.2, -0.15) is 13.2 Å². The molecule has 0 saturated heterocycles. The fraction of sp³-hybridized carbons (Fsp3) is 0.250. The van der Waals surface area contributed by atoms with Gasteiger partial charge in [-0.3, -0.25) is 0 Å². The van der Waals surface area contributed by atoms with Gasteiger partial charge in [-0.15, -0.1) is 0 Å². The Bertz CT molecular complexity index is 852. The van der Waals surface area contributed by atoms with Gasteiger partial charge in [0.15, 0.2) is 0 Å². The first-order valence-electron chi connectivity index (χ1n) is 7.31. The van der Waals surface area contributed by atoms with Gasteiger partial charge in [0.1, 0.15) is 5.75 Å². The first-order valence-corrected chi connectivity index (χ1v) is 8.85. The monoisotopic (exact) mass is 374 g/mol. The molecular formula is C16H17F3N2O3S. The summed E-state index contributed by atoms with van der Waals surface area (Å²) in [5.41, 5.74) is -0.615. The third kappa shape index (κ3) is 5.10. The quantitative estimate of drug-likeness (QED) is 0.812. The largest absolute Gasteiger partial charge is 0.494 e. The first-order chi connectivity index (χ1) is 11.6. The number of alkyl halides is 3. The van der Waals surface area contributed by atoms with Gasteiger partial charge in [0.25, 0.3) is 0 Å². The molecule has 0 amide bonds. The number of benzene rings is 2. The smallest absolute Gasteiger partial charge is 0.418 e. The van der Waals surface area contributed by atoms with Crippen LogP contribution >= 0.6 is 0 Å². The Hall–Kier alpha value is -2.26. The Balaban J connectivity index is 2.28. The molecule has 0 spiro atoms. The van der Waals surface area contributed by atoms with Crippen molar-refractivity contribution in [3.63, 3.8) is 0 Å². The van der Waals surface area contributed by atoms with Crippen LogP contribution < -0.4 is 15.2 Å². The Morgan fingerprint density at radius 2 is 1.88 bits per heavy atom. The normalized spacial score (nSPS) is 12.0. The van der Waals surface area contributed by atoms with E-state index in [-0.39, 0.29) is 12.2 Å². The van der Waals surface area contributed by atoms with Gasteiger partial charge in [-0.05, 0) is 42.8 Å². The molecule has 136 valence electrons. The molecular weight excluding hydrogens is 357 g/mol. The van der Waals surface area contributed by atoms with Crippen molar-refractivity contribution in [3.8, 4) is 5.75 Å². The lowest BCUT2D eigenvalue weighted by molar-refractivity contribution is -0.137. The molecule has 0 aliphatic carbocycles. The molecule has 0 fully saturated rings. The van der Waals surface area contributed by atoms with Crippen molar-refractivity contribution in [1.29, 1.82) is 0 Å². The van der Waals surface area contributed by atoms with Crippen LogP contribution in [0.1, 0.15) is 18.1 Å². The first kappa shape index (κ1) is 19.1. The molecule has 0 unspecified atom stereocenters. The maximum Gasteiger partial charge on any atom is 0.418 e. The van der Waals surface area contributed by atoms with Crippen LogP contribution in [0.3, 0.4) is 0 Å². The number of rotatable bonds is 6. The number of nitrogens with one attached hydrogen (secondary N) is 1. The standard InChI is InChI=1S/C16H17F3N2O3S/c1-2-24-12-5-3-4-11(8-12)10-21-15-7-6-13(25(20,22)23)9-14(15)16(17,18)19/h3-9,21H,2,10H2,1H3,(H2,20,22,23). The summed E-state index contributed by atoms with van der Waals surface area (Å²) in [6, 6.07) is 9.53. The average Bonchev–Trinajstić information content (AvgIpc) is 2.52. The van der Waals surface area contributed by atoms with Gasteiger partial charge in [-0.25, -0.2) is 13.6 Å². The molecule has 2 aromatic carbocycles. The van der Waals surface area contributed by atoms with Gasteiger partial charge >= 0.3 is 6.18 Å². The van der Waals surface area contributed by atoms with Gasteiger partial charge in [0.2, 0.25) is 10.0 Å². The molecule has 0 saturated carbocycles. The van der Waals surface area contributed by atoms with Gasteiger partial charge in [-0.1, -0.05) is 12.1 Å². The molecule has 2 aromatic rings. The summed E-state index contributed by atoms with van der Waals surface area (Å²) in [4.78, 5) is -0.594. The third-order valence-corrected chi connectivity index (χ3v) is 4.23. The van der Waals surface area contributed by atoms with Crippen molar-refractivity contribution in [2.45, 2.75) is 24.5 Å². The molecule has 2 rings (SSSR count). The van der Waals surface area contributed by atoms with E-state index in [0.29, 0.717) is 18.4 Å². The van der Waals surface area contributed by atoms with Crippen LogP contribution in [0.4, 0.5) is 18.9 Å². The summed E-state index contributed by atoms with van der Waals surface area (Å²) in [7, 11) is -4.23. The van der Waals surface area contributed by atoms with Crippen molar-refractivity contribution in [2.75, 3.05) is 11.9 Å². The lowest BCUT2D eigenvalue weighted by atomic mass is 10.1. The zero-order chi connectivity index (χ0) is 18.7. The second-order valence-corrected chi connectivity index (χ2v) is 6.75. The van der Waals surface area contributed by atoms with Crippen LogP contribution in [0.2, 0.25) is 0 Å². The van der Waals surface area contributed by atoms with Crippen molar-refractivity contribution in [1.82, 2.24) is 0 Å². The van der Waals surface area contributed by atoms with Crippen LogP contribution in [0.5, 0.6) is 5.75 Å². The minimum Gasteiger partial charge on any atom is -0.494 e. The van der Waals surface area contributed by atoms with E-state index in [9.17, 15) is 21.6 Å². The second kappa shape index (κ2) is 7.32. The molecule has 5 nitrogen and oxygen atoms in total. The van der Waals surface area contributed by atoms with Crippen LogP contribution in [-0.2, 0) is 22.7 Å². The number of sulfonamides is 1. The Labute approximate surface area is 143 Å². The summed E-state index contributed by atoms with van der Waals surface area (Å²) >= 11 is 0. The van der Waals surface area contributed by atoms with Crippen LogP contribution in [-0.4, -0.2) is 15.0 Å². The molecule has 0 bridgehead atoms. The fourth-order valence-electron chi connectivity index (χ4n) is 2.20. The van der Waals surface area contributed by atoms with E-state index in [2.05, 4.69) is 5.32 Å². The summed E-state index contributed by atoms with van der Waals surface area (Å²) in [5.74, 6) is 0.613.